The highest BCUT2D eigenvalue weighted by molar-refractivity contribution is 5.81. The molecule has 1 aliphatic carbocycles. The SMILES string of the molecule is CC(=O)C(C)(C)CN(C)CC1CCCCC1. The van der Waals surface area contributed by atoms with Gasteiger partial charge in [0.25, 0.3) is 0 Å². The van der Waals surface area contributed by atoms with Gasteiger partial charge in [0.05, 0.1) is 0 Å². The molecule has 0 spiro atoms. The van der Waals surface area contributed by atoms with Crippen molar-refractivity contribution in [2.24, 2.45) is 11.3 Å². The van der Waals surface area contributed by atoms with E-state index in [9.17, 15) is 4.79 Å². The van der Waals surface area contributed by atoms with E-state index in [2.05, 4.69) is 11.9 Å². The summed E-state index contributed by atoms with van der Waals surface area (Å²) < 4.78 is 0. The summed E-state index contributed by atoms with van der Waals surface area (Å²) in [4.78, 5) is 13.8. The van der Waals surface area contributed by atoms with Crippen LogP contribution in [0.2, 0.25) is 0 Å². The fraction of sp³-hybridized carbons (Fsp3) is 0.929. The first-order chi connectivity index (χ1) is 7.42. The molecule has 1 fully saturated rings. The number of ketones is 1. The van der Waals surface area contributed by atoms with Gasteiger partial charge < -0.3 is 4.90 Å². The second-order valence-corrected chi connectivity index (χ2v) is 6.14. The summed E-state index contributed by atoms with van der Waals surface area (Å²) in [7, 11) is 2.15. The molecule has 1 rings (SSSR count). The van der Waals surface area contributed by atoms with Crippen molar-refractivity contribution >= 4 is 5.78 Å². The van der Waals surface area contributed by atoms with Crippen molar-refractivity contribution in [2.45, 2.75) is 52.9 Å². The van der Waals surface area contributed by atoms with Crippen molar-refractivity contribution in [1.29, 1.82) is 0 Å². The number of carbonyl (C=O) groups excluding carboxylic acids is 1. The Balaban J connectivity index is 2.34. The van der Waals surface area contributed by atoms with Crippen LogP contribution in [0.25, 0.3) is 0 Å². The Bertz CT molecular complexity index is 229. The number of hydrogen-bond donors (Lipinski definition) is 0. The predicted molar refractivity (Wildman–Crippen MR) is 68.5 cm³/mol. The normalized spacial score (nSPS) is 19.1. The van der Waals surface area contributed by atoms with E-state index in [1.54, 1.807) is 6.92 Å². The van der Waals surface area contributed by atoms with Crippen LogP contribution < -0.4 is 0 Å². The van der Waals surface area contributed by atoms with E-state index < -0.39 is 0 Å². The van der Waals surface area contributed by atoms with Crippen LogP contribution >= 0.6 is 0 Å². The van der Waals surface area contributed by atoms with Crippen LogP contribution in [-0.4, -0.2) is 30.8 Å². The number of Topliss-reactive ketones (excluding diaryl/α,β-unsaturated/α-hetero) is 1. The maximum Gasteiger partial charge on any atom is 0.136 e. The lowest BCUT2D eigenvalue weighted by atomic mass is 9.86. The molecule has 2 heteroatoms. The smallest absolute Gasteiger partial charge is 0.136 e. The lowest BCUT2D eigenvalue weighted by Crippen LogP contribution is -2.38. The number of hydrogen-bond acceptors (Lipinski definition) is 2. The van der Waals surface area contributed by atoms with Crippen molar-refractivity contribution in [3.63, 3.8) is 0 Å². The van der Waals surface area contributed by atoms with Crippen LogP contribution in [0.5, 0.6) is 0 Å². The summed E-state index contributed by atoms with van der Waals surface area (Å²) in [5, 5.41) is 0. The van der Waals surface area contributed by atoms with Crippen molar-refractivity contribution in [3.8, 4) is 0 Å². The molecule has 0 saturated heterocycles. The van der Waals surface area contributed by atoms with E-state index in [4.69, 9.17) is 0 Å². The van der Waals surface area contributed by atoms with E-state index in [0.29, 0.717) is 5.78 Å². The van der Waals surface area contributed by atoms with E-state index >= 15 is 0 Å². The molecule has 0 amide bonds. The van der Waals surface area contributed by atoms with Crippen LogP contribution in [0, 0.1) is 11.3 Å². The van der Waals surface area contributed by atoms with Gasteiger partial charge in [-0.3, -0.25) is 4.79 Å². The lowest BCUT2D eigenvalue weighted by Gasteiger charge is -2.32. The highest BCUT2D eigenvalue weighted by Crippen LogP contribution is 2.25. The second-order valence-electron chi connectivity index (χ2n) is 6.14. The molecule has 0 aromatic rings. The predicted octanol–water partition coefficient (Wildman–Crippen LogP) is 3.11. The average molecular weight is 225 g/mol. The van der Waals surface area contributed by atoms with Gasteiger partial charge in [-0.2, -0.15) is 0 Å². The molecule has 94 valence electrons. The van der Waals surface area contributed by atoms with E-state index in [0.717, 1.165) is 19.0 Å². The Kier molecular flexibility index (Phi) is 4.97. The lowest BCUT2D eigenvalue weighted by molar-refractivity contribution is -0.125. The van der Waals surface area contributed by atoms with Crippen molar-refractivity contribution in [3.05, 3.63) is 0 Å². The zero-order chi connectivity index (χ0) is 12.2. The third-order valence-corrected chi connectivity index (χ3v) is 3.91. The van der Waals surface area contributed by atoms with Gasteiger partial charge in [-0.25, -0.2) is 0 Å². The fourth-order valence-corrected chi connectivity index (χ4v) is 2.66. The minimum absolute atomic E-state index is 0.191. The second kappa shape index (κ2) is 5.81. The summed E-state index contributed by atoms with van der Waals surface area (Å²) in [6.45, 7) is 7.85. The molecule has 0 N–H and O–H groups in total. The molecule has 0 unspecified atom stereocenters. The molecule has 0 atom stereocenters. The monoisotopic (exact) mass is 225 g/mol. The van der Waals surface area contributed by atoms with Gasteiger partial charge in [-0.05, 0) is 32.7 Å². The van der Waals surface area contributed by atoms with Crippen LogP contribution in [-0.2, 0) is 4.79 Å². The quantitative estimate of drug-likeness (QED) is 0.716. The Morgan fingerprint density at radius 2 is 1.81 bits per heavy atom. The third kappa shape index (κ3) is 4.25. The highest BCUT2D eigenvalue weighted by atomic mass is 16.1. The summed E-state index contributed by atoms with van der Waals surface area (Å²) in [6, 6.07) is 0. The minimum atomic E-state index is -0.191. The average Bonchev–Trinajstić information content (AvgIpc) is 2.17. The molecule has 0 heterocycles. The van der Waals surface area contributed by atoms with Gasteiger partial charge in [0.15, 0.2) is 0 Å². The molecule has 0 aliphatic heterocycles. The molecule has 0 aromatic carbocycles. The topological polar surface area (TPSA) is 20.3 Å². The molecular weight excluding hydrogens is 198 g/mol. The first kappa shape index (κ1) is 13.7. The third-order valence-electron chi connectivity index (χ3n) is 3.91. The van der Waals surface area contributed by atoms with Crippen LogP contribution in [0.15, 0.2) is 0 Å². The molecule has 2 nitrogen and oxygen atoms in total. The first-order valence-corrected chi connectivity index (χ1v) is 6.61. The molecule has 16 heavy (non-hydrogen) atoms. The van der Waals surface area contributed by atoms with Crippen molar-refractivity contribution in [2.75, 3.05) is 20.1 Å². The van der Waals surface area contributed by atoms with E-state index in [1.807, 2.05) is 13.8 Å². The first-order valence-electron chi connectivity index (χ1n) is 6.61. The van der Waals surface area contributed by atoms with Gasteiger partial charge in [0.2, 0.25) is 0 Å². The molecule has 0 bridgehead atoms. The highest BCUT2D eigenvalue weighted by Gasteiger charge is 2.26. The Hall–Kier alpha value is -0.370. The molecule has 0 radical (unpaired) electrons. The van der Waals surface area contributed by atoms with E-state index in [1.165, 1.54) is 32.1 Å². The summed E-state index contributed by atoms with van der Waals surface area (Å²) in [5.41, 5.74) is -0.191. The fourth-order valence-electron chi connectivity index (χ4n) is 2.66. The zero-order valence-corrected chi connectivity index (χ0v) is 11.4. The number of nitrogens with zero attached hydrogens (tertiary/aromatic N) is 1. The largest absolute Gasteiger partial charge is 0.305 e. The number of rotatable bonds is 5. The van der Waals surface area contributed by atoms with Crippen molar-refractivity contribution in [1.82, 2.24) is 4.90 Å². The maximum atomic E-state index is 11.5. The Morgan fingerprint density at radius 1 is 1.25 bits per heavy atom. The Morgan fingerprint density at radius 3 is 2.31 bits per heavy atom. The summed E-state index contributed by atoms with van der Waals surface area (Å²) in [5.74, 6) is 1.16. The Labute approximate surface area is 100 Å². The van der Waals surface area contributed by atoms with Gasteiger partial charge >= 0.3 is 0 Å². The van der Waals surface area contributed by atoms with Crippen LogP contribution in [0.4, 0.5) is 0 Å². The van der Waals surface area contributed by atoms with Crippen LogP contribution in [0.3, 0.4) is 0 Å². The maximum absolute atomic E-state index is 11.5. The summed E-state index contributed by atoms with van der Waals surface area (Å²) >= 11 is 0. The van der Waals surface area contributed by atoms with Crippen LogP contribution in [0.1, 0.15) is 52.9 Å². The van der Waals surface area contributed by atoms with E-state index in [-0.39, 0.29) is 5.41 Å². The molecular formula is C14H27NO. The van der Waals surface area contributed by atoms with Gasteiger partial charge in [-0.15, -0.1) is 0 Å². The number of carbonyl (C=O) groups is 1. The van der Waals surface area contributed by atoms with Gasteiger partial charge in [0, 0.05) is 18.5 Å². The standard InChI is InChI=1S/C14H27NO/c1-12(16)14(2,3)11-15(4)10-13-8-6-5-7-9-13/h13H,5-11H2,1-4H3. The molecule has 1 saturated carbocycles. The van der Waals surface area contributed by atoms with Crippen molar-refractivity contribution < 1.29 is 4.79 Å². The molecule has 1 aliphatic rings. The minimum Gasteiger partial charge on any atom is -0.305 e. The zero-order valence-electron chi connectivity index (χ0n) is 11.4. The molecule has 0 aromatic heterocycles. The summed E-state index contributed by atoms with van der Waals surface area (Å²) in [6.07, 6.45) is 6.97. The van der Waals surface area contributed by atoms with Gasteiger partial charge in [0.1, 0.15) is 5.78 Å². The van der Waals surface area contributed by atoms with Gasteiger partial charge in [-0.1, -0.05) is 33.1 Å².